The Labute approximate surface area is 178 Å². The summed E-state index contributed by atoms with van der Waals surface area (Å²) in [6, 6.07) is 15.2. The van der Waals surface area contributed by atoms with Crippen molar-refractivity contribution in [3.63, 3.8) is 0 Å². The van der Waals surface area contributed by atoms with Gasteiger partial charge in [0, 0.05) is 43.2 Å². The Balaban J connectivity index is 1.30. The predicted octanol–water partition coefficient (Wildman–Crippen LogP) is 4.16. The Morgan fingerprint density at radius 1 is 0.900 bits per heavy atom. The maximum atomic E-state index is 12.8. The summed E-state index contributed by atoms with van der Waals surface area (Å²) < 4.78 is 6.00. The standard InChI is InChI=1S/C25H30N2O3/c1-19-6-4-8-22(16-19)25(29)27-15-5-7-20(17-27)18-30-23-11-9-21(10-12-23)24(28)26-13-2-3-14-26/h4,6,8-12,16,20H,2-3,5,7,13-15,17-18H2,1H3/t20-/m1/s1. The summed E-state index contributed by atoms with van der Waals surface area (Å²) in [5.74, 6) is 1.30. The fraction of sp³-hybridized carbons (Fsp3) is 0.440. The minimum Gasteiger partial charge on any atom is -0.493 e. The third kappa shape index (κ3) is 4.84. The summed E-state index contributed by atoms with van der Waals surface area (Å²) in [5.41, 5.74) is 2.58. The monoisotopic (exact) mass is 406 g/mol. The number of likely N-dealkylation sites (tertiary alicyclic amines) is 2. The summed E-state index contributed by atoms with van der Waals surface area (Å²) in [6.07, 6.45) is 4.24. The molecule has 0 aromatic heterocycles. The molecule has 0 spiro atoms. The van der Waals surface area contributed by atoms with Crippen LogP contribution in [-0.2, 0) is 0 Å². The second-order valence-electron chi connectivity index (χ2n) is 8.46. The number of carbonyl (C=O) groups is 2. The number of ether oxygens (including phenoxy) is 1. The van der Waals surface area contributed by atoms with Crippen molar-refractivity contribution in [1.29, 1.82) is 0 Å². The van der Waals surface area contributed by atoms with Gasteiger partial charge in [0.05, 0.1) is 6.61 Å². The van der Waals surface area contributed by atoms with E-state index in [1.807, 2.05) is 65.3 Å². The van der Waals surface area contributed by atoms with E-state index in [1.165, 1.54) is 0 Å². The molecular formula is C25H30N2O3. The molecule has 0 N–H and O–H groups in total. The molecule has 0 unspecified atom stereocenters. The van der Waals surface area contributed by atoms with E-state index >= 15 is 0 Å². The topological polar surface area (TPSA) is 49.9 Å². The molecular weight excluding hydrogens is 376 g/mol. The molecule has 2 aliphatic rings. The van der Waals surface area contributed by atoms with Crippen molar-refractivity contribution >= 4 is 11.8 Å². The molecule has 0 bridgehead atoms. The molecule has 2 aliphatic heterocycles. The molecule has 30 heavy (non-hydrogen) atoms. The van der Waals surface area contributed by atoms with Gasteiger partial charge in [-0.1, -0.05) is 17.7 Å². The van der Waals surface area contributed by atoms with Gasteiger partial charge in [-0.25, -0.2) is 0 Å². The highest BCUT2D eigenvalue weighted by Gasteiger charge is 2.25. The van der Waals surface area contributed by atoms with Crippen LogP contribution < -0.4 is 4.74 Å². The molecule has 5 nitrogen and oxygen atoms in total. The number of piperidine rings is 1. The smallest absolute Gasteiger partial charge is 0.253 e. The number of carbonyl (C=O) groups excluding carboxylic acids is 2. The van der Waals surface area contributed by atoms with Crippen LogP contribution in [0.25, 0.3) is 0 Å². The summed E-state index contributed by atoms with van der Waals surface area (Å²) in [6.45, 7) is 5.83. The van der Waals surface area contributed by atoms with E-state index in [0.717, 1.165) is 74.3 Å². The fourth-order valence-corrected chi connectivity index (χ4v) is 4.36. The van der Waals surface area contributed by atoms with E-state index in [-0.39, 0.29) is 11.8 Å². The number of hydrogen-bond acceptors (Lipinski definition) is 3. The first kappa shape index (κ1) is 20.5. The average molecular weight is 407 g/mol. The fourth-order valence-electron chi connectivity index (χ4n) is 4.36. The highest BCUT2D eigenvalue weighted by Crippen LogP contribution is 2.22. The highest BCUT2D eigenvalue weighted by molar-refractivity contribution is 5.95. The number of hydrogen-bond donors (Lipinski definition) is 0. The van der Waals surface area contributed by atoms with Crippen LogP contribution >= 0.6 is 0 Å². The zero-order chi connectivity index (χ0) is 20.9. The lowest BCUT2D eigenvalue weighted by Crippen LogP contribution is -2.41. The van der Waals surface area contributed by atoms with E-state index in [0.29, 0.717) is 12.5 Å². The predicted molar refractivity (Wildman–Crippen MR) is 117 cm³/mol. The van der Waals surface area contributed by atoms with Gasteiger partial charge in [0.15, 0.2) is 0 Å². The molecule has 5 heteroatoms. The summed E-state index contributed by atoms with van der Waals surface area (Å²) in [5, 5.41) is 0. The van der Waals surface area contributed by atoms with Crippen LogP contribution in [-0.4, -0.2) is 54.4 Å². The molecule has 158 valence electrons. The highest BCUT2D eigenvalue weighted by atomic mass is 16.5. The number of benzene rings is 2. The van der Waals surface area contributed by atoms with Crippen LogP contribution in [0.2, 0.25) is 0 Å². The first-order valence-electron chi connectivity index (χ1n) is 11.0. The van der Waals surface area contributed by atoms with Gasteiger partial charge in [0.1, 0.15) is 5.75 Å². The van der Waals surface area contributed by atoms with Crippen molar-refractivity contribution in [3.8, 4) is 5.75 Å². The molecule has 2 heterocycles. The molecule has 0 radical (unpaired) electrons. The van der Waals surface area contributed by atoms with Crippen molar-refractivity contribution in [2.45, 2.75) is 32.6 Å². The normalized spacial score (nSPS) is 19.0. The SMILES string of the molecule is Cc1cccc(C(=O)N2CCC[C@@H](COc3ccc(C(=O)N4CCCC4)cc3)C2)c1. The zero-order valence-electron chi connectivity index (χ0n) is 17.7. The Morgan fingerprint density at radius 3 is 2.33 bits per heavy atom. The molecule has 0 saturated carbocycles. The zero-order valence-corrected chi connectivity index (χ0v) is 17.7. The van der Waals surface area contributed by atoms with Crippen molar-refractivity contribution in [2.75, 3.05) is 32.8 Å². The Kier molecular flexibility index (Phi) is 6.36. The van der Waals surface area contributed by atoms with E-state index < -0.39 is 0 Å². The lowest BCUT2D eigenvalue weighted by atomic mass is 9.98. The van der Waals surface area contributed by atoms with Gasteiger partial charge in [-0.2, -0.15) is 0 Å². The van der Waals surface area contributed by atoms with Gasteiger partial charge in [-0.15, -0.1) is 0 Å². The Bertz CT molecular complexity index is 888. The van der Waals surface area contributed by atoms with Gasteiger partial charge in [0.2, 0.25) is 0 Å². The third-order valence-corrected chi connectivity index (χ3v) is 6.05. The molecule has 1 atom stereocenters. The van der Waals surface area contributed by atoms with Crippen molar-refractivity contribution in [2.24, 2.45) is 5.92 Å². The van der Waals surface area contributed by atoms with Crippen LogP contribution in [0.15, 0.2) is 48.5 Å². The quantitative estimate of drug-likeness (QED) is 0.749. The van der Waals surface area contributed by atoms with E-state index in [4.69, 9.17) is 4.74 Å². The maximum Gasteiger partial charge on any atom is 0.253 e. The average Bonchev–Trinajstić information content (AvgIpc) is 3.32. The first-order chi connectivity index (χ1) is 14.6. The molecule has 2 saturated heterocycles. The largest absolute Gasteiger partial charge is 0.493 e. The maximum absolute atomic E-state index is 12.8. The van der Waals surface area contributed by atoms with Crippen molar-refractivity contribution in [3.05, 3.63) is 65.2 Å². The van der Waals surface area contributed by atoms with E-state index in [1.54, 1.807) is 0 Å². The third-order valence-electron chi connectivity index (χ3n) is 6.05. The van der Waals surface area contributed by atoms with Gasteiger partial charge in [-0.05, 0) is 69.0 Å². The summed E-state index contributed by atoms with van der Waals surface area (Å²) >= 11 is 0. The number of aryl methyl sites for hydroxylation is 1. The number of nitrogens with zero attached hydrogens (tertiary/aromatic N) is 2. The van der Waals surface area contributed by atoms with Crippen LogP contribution in [0.1, 0.15) is 52.0 Å². The molecule has 2 amide bonds. The first-order valence-corrected chi connectivity index (χ1v) is 11.0. The number of amides is 2. The van der Waals surface area contributed by atoms with Crippen molar-refractivity contribution in [1.82, 2.24) is 9.80 Å². The lowest BCUT2D eigenvalue weighted by Gasteiger charge is -2.32. The summed E-state index contributed by atoms with van der Waals surface area (Å²) in [7, 11) is 0. The number of rotatable bonds is 5. The molecule has 4 rings (SSSR count). The van der Waals surface area contributed by atoms with Gasteiger partial charge in [-0.3, -0.25) is 9.59 Å². The van der Waals surface area contributed by atoms with E-state index in [9.17, 15) is 9.59 Å². The van der Waals surface area contributed by atoms with Gasteiger partial charge >= 0.3 is 0 Å². The minimum absolute atomic E-state index is 0.105. The summed E-state index contributed by atoms with van der Waals surface area (Å²) in [4.78, 5) is 29.1. The Morgan fingerprint density at radius 2 is 1.60 bits per heavy atom. The minimum atomic E-state index is 0.105. The van der Waals surface area contributed by atoms with Crippen LogP contribution in [0.4, 0.5) is 0 Å². The molecule has 2 fully saturated rings. The second-order valence-corrected chi connectivity index (χ2v) is 8.46. The van der Waals surface area contributed by atoms with Crippen LogP contribution in [0, 0.1) is 12.8 Å². The van der Waals surface area contributed by atoms with Crippen LogP contribution in [0.5, 0.6) is 5.75 Å². The molecule has 2 aromatic carbocycles. The molecule has 2 aromatic rings. The lowest BCUT2D eigenvalue weighted by molar-refractivity contribution is 0.0633. The second kappa shape index (κ2) is 9.33. The van der Waals surface area contributed by atoms with Gasteiger partial charge < -0.3 is 14.5 Å². The Hall–Kier alpha value is -2.82. The molecule has 0 aliphatic carbocycles. The van der Waals surface area contributed by atoms with Crippen LogP contribution in [0.3, 0.4) is 0 Å². The van der Waals surface area contributed by atoms with Gasteiger partial charge in [0.25, 0.3) is 11.8 Å². The van der Waals surface area contributed by atoms with E-state index in [2.05, 4.69) is 0 Å². The van der Waals surface area contributed by atoms with Crippen molar-refractivity contribution < 1.29 is 14.3 Å².